The molecule has 0 bridgehead atoms. The molecular weight excluding hydrogens is 226 g/mol. The lowest BCUT2D eigenvalue weighted by atomic mass is 9.84. The van der Waals surface area contributed by atoms with Gasteiger partial charge in [-0.25, -0.2) is 0 Å². The fourth-order valence-corrected chi connectivity index (χ4v) is 2.00. The van der Waals surface area contributed by atoms with Crippen LogP contribution in [0.1, 0.15) is 50.3 Å². The second-order valence-electron chi connectivity index (χ2n) is 5.71. The fourth-order valence-electron chi connectivity index (χ4n) is 1.86. The summed E-state index contributed by atoms with van der Waals surface area (Å²) in [5, 5.41) is 0. The molecule has 0 aliphatic heterocycles. The number of aryl methyl sites for hydroxylation is 2. The van der Waals surface area contributed by atoms with Crippen molar-refractivity contribution in [1.82, 2.24) is 0 Å². The summed E-state index contributed by atoms with van der Waals surface area (Å²) in [7, 11) is 0. The van der Waals surface area contributed by atoms with E-state index in [1.165, 1.54) is 16.7 Å². The van der Waals surface area contributed by atoms with Gasteiger partial charge in [-0.1, -0.05) is 51.2 Å². The van der Waals surface area contributed by atoms with Gasteiger partial charge in [0.1, 0.15) is 0 Å². The minimum atomic E-state index is 0.214. The van der Waals surface area contributed by atoms with Crippen LogP contribution in [0.4, 0.5) is 0 Å². The highest BCUT2D eigenvalue weighted by Crippen LogP contribution is 2.25. The lowest BCUT2D eigenvalue weighted by molar-refractivity contribution is 0.588. The van der Waals surface area contributed by atoms with Gasteiger partial charge in [-0.2, -0.15) is 0 Å². The maximum absolute atomic E-state index is 5.53. The first kappa shape index (κ1) is 14.2. The molecule has 0 saturated heterocycles. The van der Waals surface area contributed by atoms with Gasteiger partial charge in [0.25, 0.3) is 0 Å². The Morgan fingerprint density at radius 1 is 1.29 bits per heavy atom. The van der Waals surface area contributed by atoms with Gasteiger partial charge in [-0.3, -0.25) is 0 Å². The topological polar surface area (TPSA) is 26.0 Å². The zero-order valence-corrected chi connectivity index (χ0v) is 12.2. The number of nitrogens with two attached hydrogens (primary N) is 1. The molecule has 94 valence electrons. The molecule has 17 heavy (non-hydrogen) atoms. The molecule has 1 rings (SSSR count). The smallest absolute Gasteiger partial charge is 0.0727 e. The fraction of sp³-hybridized carbons (Fsp3) is 0.533. The summed E-state index contributed by atoms with van der Waals surface area (Å²) >= 11 is 4.91. The number of hydrogen-bond acceptors (Lipinski definition) is 1. The first-order chi connectivity index (χ1) is 7.80. The van der Waals surface area contributed by atoms with Gasteiger partial charge >= 0.3 is 0 Å². The molecule has 0 aliphatic carbocycles. The summed E-state index contributed by atoms with van der Waals surface area (Å²) in [4.78, 5) is 0.620. The molecule has 0 aromatic heterocycles. The number of hydrogen-bond donors (Lipinski definition) is 1. The zero-order valence-electron chi connectivity index (χ0n) is 11.3. The lowest BCUT2D eigenvalue weighted by Gasteiger charge is -2.20. The Balaban J connectivity index is 2.80. The minimum Gasteiger partial charge on any atom is -0.393 e. The van der Waals surface area contributed by atoms with Gasteiger partial charge in [-0.05, 0) is 48.3 Å². The van der Waals surface area contributed by atoms with Crippen molar-refractivity contribution in [3.63, 3.8) is 0 Å². The van der Waals surface area contributed by atoms with Crippen LogP contribution in [0, 0.1) is 6.92 Å². The van der Waals surface area contributed by atoms with Gasteiger partial charge < -0.3 is 5.73 Å². The van der Waals surface area contributed by atoms with Crippen LogP contribution >= 0.6 is 12.2 Å². The van der Waals surface area contributed by atoms with E-state index in [1.807, 2.05) is 0 Å². The van der Waals surface area contributed by atoms with Crippen molar-refractivity contribution in [3.05, 3.63) is 34.9 Å². The minimum absolute atomic E-state index is 0.214. The van der Waals surface area contributed by atoms with Crippen molar-refractivity contribution < 1.29 is 0 Å². The van der Waals surface area contributed by atoms with Crippen LogP contribution in [-0.2, 0) is 11.8 Å². The van der Waals surface area contributed by atoms with E-state index in [9.17, 15) is 0 Å². The molecule has 0 radical (unpaired) electrons. The molecule has 1 aromatic carbocycles. The molecule has 2 heteroatoms. The van der Waals surface area contributed by atoms with Crippen LogP contribution in [0.3, 0.4) is 0 Å². The molecule has 1 nitrogen and oxygen atoms in total. The van der Waals surface area contributed by atoms with E-state index in [2.05, 4.69) is 45.9 Å². The highest BCUT2D eigenvalue weighted by Gasteiger charge is 2.14. The summed E-state index contributed by atoms with van der Waals surface area (Å²) in [5.74, 6) is 0. The predicted octanol–water partition coefficient (Wildman–Crippen LogP) is 3.90. The standard InChI is InChI=1S/C15H23NS/c1-11-8-9-13(15(2,3)4)10-12(11)6-5-7-14(16)17/h8-10H,5-7H2,1-4H3,(H2,16,17). The third-order valence-electron chi connectivity index (χ3n) is 3.08. The maximum atomic E-state index is 5.53. The summed E-state index contributed by atoms with van der Waals surface area (Å²) in [6.07, 6.45) is 2.95. The maximum Gasteiger partial charge on any atom is 0.0727 e. The Morgan fingerprint density at radius 3 is 2.47 bits per heavy atom. The Labute approximate surface area is 110 Å². The van der Waals surface area contributed by atoms with Gasteiger partial charge in [0.15, 0.2) is 0 Å². The molecular formula is C15H23NS. The van der Waals surface area contributed by atoms with Gasteiger partial charge in [0.2, 0.25) is 0 Å². The van der Waals surface area contributed by atoms with Crippen molar-refractivity contribution in [2.75, 3.05) is 0 Å². The molecule has 0 aliphatic rings. The number of thiocarbonyl (C=S) groups is 1. The van der Waals surface area contributed by atoms with E-state index in [-0.39, 0.29) is 5.41 Å². The summed E-state index contributed by atoms with van der Waals surface area (Å²) in [5.41, 5.74) is 9.92. The molecule has 0 saturated carbocycles. The zero-order chi connectivity index (χ0) is 13.1. The SMILES string of the molecule is Cc1ccc(C(C)(C)C)cc1CCCC(N)=S. The molecule has 0 fully saturated rings. The van der Waals surface area contributed by atoms with Gasteiger partial charge in [-0.15, -0.1) is 0 Å². The van der Waals surface area contributed by atoms with Gasteiger partial charge in [0, 0.05) is 0 Å². The average Bonchev–Trinajstić information content (AvgIpc) is 2.18. The van der Waals surface area contributed by atoms with Crippen molar-refractivity contribution in [3.8, 4) is 0 Å². The Bertz CT molecular complexity index is 402. The van der Waals surface area contributed by atoms with Crippen LogP contribution in [-0.4, -0.2) is 4.99 Å². The van der Waals surface area contributed by atoms with Crippen molar-refractivity contribution in [2.45, 2.75) is 52.4 Å². The molecule has 0 unspecified atom stereocenters. The second kappa shape index (κ2) is 5.63. The van der Waals surface area contributed by atoms with Crippen LogP contribution in [0.15, 0.2) is 18.2 Å². The Hall–Kier alpha value is -0.890. The molecule has 0 amide bonds. The third kappa shape index (κ3) is 4.47. The largest absolute Gasteiger partial charge is 0.393 e. The van der Waals surface area contributed by atoms with E-state index in [1.54, 1.807) is 0 Å². The molecule has 2 N–H and O–H groups in total. The van der Waals surface area contributed by atoms with E-state index >= 15 is 0 Å². The van der Waals surface area contributed by atoms with Crippen LogP contribution in [0.25, 0.3) is 0 Å². The van der Waals surface area contributed by atoms with Crippen molar-refractivity contribution >= 4 is 17.2 Å². The van der Waals surface area contributed by atoms with Gasteiger partial charge in [0.05, 0.1) is 4.99 Å². The number of benzene rings is 1. The average molecular weight is 249 g/mol. The second-order valence-corrected chi connectivity index (χ2v) is 6.24. The first-order valence-electron chi connectivity index (χ1n) is 6.19. The van der Waals surface area contributed by atoms with E-state index in [0.717, 1.165) is 19.3 Å². The predicted molar refractivity (Wildman–Crippen MR) is 79.6 cm³/mol. The highest BCUT2D eigenvalue weighted by atomic mass is 32.1. The van der Waals surface area contributed by atoms with Crippen LogP contribution in [0.5, 0.6) is 0 Å². The van der Waals surface area contributed by atoms with Crippen LogP contribution in [0.2, 0.25) is 0 Å². The van der Waals surface area contributed by atoms with E-state index in [4.69, 9.17) is 18.0 Å². The molecule has 0 spiro atoms. The molecule has 0 heterocycles. The molecule has 0 atom stereocenters. The molecule has 1 aromatic rings. The highest BCUT2D eigenvalue weighted by molar-refractivity contribution is 7.80. The normalized spacial score (nSPS) is 11.5. The van der Waals surface area contributed by atoms with Crippen molar-refractivity contribution in [1.29, 1.82) is 0 Å². The van der Waals surface area contributed by atoms with E-state index in [0.29, 0.717) is 4.99 Å². The Kier molecular flexibility index (Phi) is 4.70. The third-order valence-corrected chi connectivity index (χ3v) is 3.29. The quantitative estimate of drug-likeness (QED) is 0.819. The summed E-state index contributed by atoms with van der Waals surface area (Å²) < 4.78 is 0. The Morgan fingerprint density at radius 2 is 1.94 bits per heavy atom. The van der Waals surface area contributed by atoms with Crippen LogP contribution < -0.4 is 5.73 Å². The van der Waals surface area contributed by atoms with Crippen molar-refractivity contribution in [2.24, 2.45) is 5.73 Å². The summed E-state index contributed by atoms with van der Waals surface area (Å²) in [6, 6.07) is 6.78. The summed E-state index contributed by atoms with van der Waals surface area (Å²) in [6.45, 7) is 8.91. The number of rotatable bonds is 4. The lowest BCUT2D eigenvalue weighted by Crippen LogP contribution is -2.12. The first-order valence-corrected chi connectivity index (χ1v) is 6.60. The van der Waals surface area contributed by atoms with E-state index < -0.39 is 0 Å². The monoisotopic (exact) mass is 249 g/mol.